The summed E-state index contributed by atoms with van der Waals surface area (Å²) in [7, 11) is -3.53. The molecule has 0 saturated heterocycles. The lowest BCUT2D eigenvalue weighted by Gasteiger charge is -2.16. The summed E-state index contributed by atoms with van der Waals surface area (Å²) in [4.78, 5) is 0.196. The van der Waals surface area contributed by atoms with E-state index in [4.69, 9.17) is 5.11 Å². The molecule has 20 heavy (non-hydrogen) atoms. The molecule has 0 spiro atoms. The van der Waals surface area contributed by atoms with Gasteiger partial charge in [-0.15, -0.1) is 0 Å². The van der Waals surface area contributed by atoms with Crippen LogP contribution in [0.25, 0.3) is 0 Å². The second kappa shape index (κ2) is 8.32. The quantitative estimate of drug-likeness (QED) is 0.780. The van der Waals surface area contributed by atoms with E-state index in [1.54, 1.807) is 23.9 Å². The molecule has 1 rings (SSSR count). The molecule has 0 saturated carbocycles. The number of thioether (sulfide) groups is 1. The van der Waals surface area contributed by atoms with Gasteiger partial charge in [-0.2, -0.15) is 11.8 Å². The molecule has 0 radical (unpaired) electrons. The predicted molar refractivity (Wildman–Crippen MR) is 83.2 cm³/mol. The van der Waals surface area contributed by atoms with E-state index in [9.17, 15) is 8.42 Å². The largest absolute Gasteiger partial charge is 0.384 e. The number of benzene rings is 1. The highest BCUT2D eigenvalue weighted by atomic mass is 32.2. The normalized spacial score (nSPS) is 12.6. The van der Waals surface area contributed by atoms with Crippen LogP contribution < -0.4 is 4.72 Å². The van der Waals surface area contributed by atoms with Crippen molar-refractivity contribution in [3.05, 3.63) is 29.8 Å². The summed E-state index contributed by atoms with van der Waals surface area (Å²) in [5.74, 6) is 5.94. The van der Waals surface area contributed by atoms with Crippen molar-refractivity contribution in [3.63, 3.8) is 0 Å². The van der Waals surface area contributed by atoms with E-state index in [0.29, 0.717) is 5.56 Å². The van der Waals surface area contributed by atoms with Gasteiger partial charge in [0.2, 0.25) is 10.0 Å². The summed E-state index contributed by atoms with van der Waals surface area (Å²) in [6, 6.07) is 6.32. The zero-order chi connectivity index (χ0) is 15.0. The first-order chi connectivity index (χ1) is 9.53. The van der Waals surface area contributed by atoms with Crippen LogP contribution in [0.3, 0.4) is 0 Å². The third-order valence-corrected chi connectivity index (χ3v) is 4.89. The number of rotatable bonds is 6. The van der Waals surface area contributed by atoms with E-state index in [1.807, 2.05) is 13.2 Å². The van der Waals surface area contributed by atoms with Gasteiger partial charge in [0.25, 0.3) is 0 Å². The number of hydrogen-bond acceptors (Lipinski definition) is 4. The van der Waals surface area contributed by atoms with E-state index in [0.717, 1.165) is 12.2 Å². The highest BCUT2D eigenvalue weighted by molar-refractivity contribution is 7.98. The third kappa shape index (κ3) is 5.17. The average molecular weight is 313 g/mol. The van der Waals surface area contributed by atoms with Crippen molar-refractivity contribution in [2.45, 2.75) is 24.3 Å². The first-order valence-electron chi connectivity index (χ1n) is 6.24. The van der Waals surface area contributed by atoms with Crippen molar-refractivity contribution in [2.24, 2.45) is 0 Å². The summed E-state index contributed by atoms with van der Waals surface area (Å²) in [6.45, 7) is 1.70. The van der Waals surface area contributed by atoms with Crippen LogP contribution in [0.1, 0.15) is 18.9 Å². The zero-order valence-electron chi connectivity index (χ0n) is 11.6. The molecule has 2 N–H and O–H groups in total. The smallest absolute Gasteiger partial charge is 0.240 e. The predicted octanol–water partition coefficient (Wildman–Crippen LogP) is 1.45. The van der Waals surface area contributed by atoms with E-state index >= 15 is 0 Å². The van der Waals surface area contributed by atoms with Crippen LogP contribution in [0.15, 0.2) is 29.2 Å². The molecule has 0 aliphatic rings. The number of nitrogens with one attached hydrogen (secondary N) is 1. The van der Waals surface area contributed by atoms with Gasteiger partial charge in [-0.05, 0) is 30.9 Å². The first kappa shape index (κ1) is 17.1. The van der Waals surface area contributed by atoms with Crippen molar-refractivity contribution in [1.29, 1.82) is 0 Å². The van der Waals surface area contributed by atoms with Crippen LogP contribution in [0.2, 0.25) is 0 Å². The Morgan fingerprint density at radius 3 is 2.80 bits per heavy atom. The molecule has 0 bridgehead atoms. The lowest BCUT2D eigenvalue weighted by molar-refractivity contribution is 0.350. The van der Waals surface area contributed by atoms with Crippen LogP contribution in [-0.2, 0) is 10.0 Å². The van der Waals surface area contributed by atoms with Crippen LogP contribution in [0.5, 0.6) is 0 Å². The van der Waals surface area contributed by atoms with Gasteiger partial charge in [-0.3, -0.25) is 0 Å². The second-order valence-corrected chi connectivity index (χ2v) is 6.79. The Hall–Kier alpha value is -1.00. The number of aliphatic hydroxyl groups excluding tert-OH is 1. The molecule has 6 heteroatoms. The van der Waals surface area contributed by atoms with Gasteiger partial charge >= 0.3 is 0 Å². The Balaban J connectivity index is 2.97. The standard InChI is InChI=1S/C14H19NO3S2/c1-3-13(11-19-2)15-20(17,18)14-8-4-6-12(10-14)7-5-9-16/h4,6,8,10,13,15-16H,3,9,11H2,1-2H3. The van der Waals surface area contributed by atoms with Crippen molar-refractivity contribution in [1.82, 2.24) is 4.72 Å². The molecular formula is C14H19NO3S2. The van der Waals surface area contributed by atoms with Crippen LogP contribution in [0, 0.1) is 11.8 Å². The van der Waals surface area contributed by atoms with Crippen molar-refractivity contribution >= 4 is 21.8 Å². The number of hydrogen-bond donors (Lipinski definition) is 2. The van der Waals surface area contributed by atoms with Crippen LogP contribution in [-0.4, -0.2) is 38.2 Å². The summed E-state index contributed by atoms with van der Waals surface area (Å²) in [5, 5.41) is 8.66. The fourth-order valence-corrected chi connectivity index (χ4v) is 3.80. The summed E-state index contributed by atoms with van der Waals surface area (Å²) < 4.78 is 27.3. The molecule has 1 aromatic carbocycles. The average Bonchev–Trinajstić information content (AvgIpc) is 2.44. The van der Waals surface area contributed by atoms with Gasteiger partial charge in [0.1, 0.15) is 6.61 Å². The maximum atomic E-state index is 12.3. The molecule has 110 valence electrons. The summed E-state index contributed by atoms with van der Waals surface area (Å²) in [5.41, 5.74) is 0.569. The van der Waals surface area contributed by atoms with Gasteiger partial charge in [-0.1, -0.05) is 24.8 Å². The maximum Gasteiger partial charge on any atom is 0.240 e. The van der Waals surface area contributed by atoms with Gasteiger partial charge < -0.3 is 5.11 Å². The molecule has 1 atom stereocenters. The SMILES string of the molecule is CCC(CSC)NS(=O)(=O)c1cccc(C#CCO)c1. The zero-order valence-corrected chi connectivity index (χ0v) is 13.2. The number of aliphatic hydroxyl groups is 1. The summed E-state index contributed by atoms with van der Waals surface area (Å²) in [6.07, 6.45) is 2.69. The lowest BCUT2D eigenvalue weighted by atomic mass is 10.2. The van der Waals surface area contributed by atoms with Crippen molar-refractivity contribution in [3.8, 4) is 11.8 Å². The van der Waals surface area contributed by atoms with E-state index < -0.39 is 10.0 Å². The Morgan fingerprint density at radius 1 is 1.45 bits per heavy atom. The minimum absolute atomic E-state index is 0.0813. The topological polar surface area (TPSA) is 66.4 Å². The third-order valence-electron chi connectivity index (χ3n) is 2.64. The van der Waals surface area contributed by atoms with Crippen molar-refractivity contribution in [2.75, 3.05) is 18.6 Å². The fraction of sp³-hybridized carbons (Fsp3) is 0.429. The Morgan fingerprint density at radius 2 is 2.20 bits per heavy atom. The van der Waals surface area contributed by atoms with Gasteiger partial charge in [0, 0.05) is 17.4 Å². The van der Waals surface area contributed by atoms with Gasteiger partial charge in [-0.25, -0.2) is 13.1 Å². The minimum atomic E-state index is -3.53. The Kier molecular flexibility index (Phi) is 7.10. The Labute approximate surface area is 125 Å². The molecule has 0 aliphatic heterocycles. The highest BCUT2D eigenvalue weighted by Crippen LogP contribution is 2.13. The van der Waals surface area contributed by atoms with Gasteiger partial charge in [0.15, 0.2) is 0 Å². The maximum absolute atomic E-state index is 12.3. The van der Waals surface area contributed by atoms with E-state index in [2.05, 4.69) is 16.6 Å². The molecule has 1 unspecified atom stereocenters. The molecule has 0 heterocycles. The Bertz CT molecular complexity index is 588. The minimum Gasteiger partial charge on any atom is -0.384 e. The molecule has 0 fully saturated rings. The molecule has 4 nitrogen and oxygen atoms in total. The summed E-state index contributed by atoms with van der Waals surface area (Å²) >= 11 is 1.61. The molecule has 0 amide bonds. The van der Waals surface area contributed by atoms with Crippen LogP contribution >= 0.6 is 11.8 Å². The lowest BCUT2D eigenvalue weighted by Crippen LogP contribution is -2.36. The molecular weight excluding hydrogens is 294 g/mol. The van der Waals surface area contributed by atoms with Crippen molar-refractivity contribution < 1.29 is 13.5 Å². The molecule has 0 aliphatic carbocycles. The highest BCUT2D eigenvalue weighted by Gasteiger charge is 2.18. The van der Waals surface area contributed by atoms with Gasteiger partial charge in [0.05, 0.1) is 4.90 Å². The second-order valence-electron chi connectivity index (χ2n) is 4.17. The molecule has 0 aromatic heterocycles. The van der Waals surface area contributed by atoms with E-state index in [-0.39, 0.29) is 17.5 Å². The van der Waals surface area contributed by atoms with E-state index in [1.165, 1.54) is 12.1 Å². The number of sulfonamides is 1. The molecule has 1 aromatic rings. The monoisotopic (exact) mass is 313 g/mol. The fourth-order valence-electron chi connectivity index (χ4n) is 1.61. The first-order valence-corrected chi connectivity index (χ1v) is 9.12. The van der Waals surface area contributed by atoms with Crippen LogP contribution in [0.4, 0.5) is 0 Å².